The lowest BCUT2D eigenvalue weighted by molar-refractivity contribution is 0.0448. The highest BCUT2D eigenvalue weighted by Crippen LogP contribution is 2.63. The van der Waals surface area contributed by atoms with Gasteiger partial charge in [-0.3, -0.25) is 9.05 Å². The molecule has 0 aliphatic heterocycles. The Morgan fingerprint density at radius 3 is 1.04 bits per heavy atom. The van der Waals surface area contributed by atoms with Crippen LogP contribution in [0.4, 0.5) is 0 Å². The van der Waals surface area contributed by atoms with Crippen LogP contribution in [0.1, 0.15) is 83.1 Å². The lowest BCUT2D eigenvalue weighted by atomic mass is 10.2. The molecule has 6 nitrogen and oxygen atoms in total. The normalized spacial score (nSPS) is 14.6. The molecule has 10 heteroatoms. The zero-order valence-corrected chi connectivity index (χ0v) is 22.6. The third kappa shape index (κ3) is 21.6. The predicted octanol–water partition coefficient (Wildman–Crippen LogP) is 6.92. The van der Waals surface area contributed by atoms with Crippen LogP contribution in [0.2, 0.25) is 0 Å². The van der Waals surface area contributed by atoms with Gasteiger partial charge in [0.05, 0.1) is 22.4 Å². The first-order valence-corrected chi connectivity index (χ1v) is 14.7. The molecule has 0 saturated carbocycles. The molecule has 0 unspecified atom stereocenters. The van der Waals surface area contributed by atoms with Crippen molar-refractivity contribution >= 4 is 36.7 Å². The Hall–Kier alpha value is 1.03. The molecule has 0 heterocycles. The molecule has 0 amide bonds. The molecule has 0 bridgehead atoms. The monoisotopic (exact) mass is 466 g/mol. The largest absolute Gasteiger partial charge is 0.389 e. The fourth-order valence-electron chi connectivity index (χ4n) is 1.47. The molecule has 0 saturated heterocycles. The van der Waals surface area contributed by atoms with Gasteiger partial charge in [-0.25, -0.2) is 4.57 Å². The van der Waals surface area contributed by atoms with Gasteiger partial charge in [0.1, 0.15) is 0 Å². The van der Waals surface area contributed by atoms with E-state index in [4.69, 9.17) is 29.9 Å². The van der Waals surface area contributed by atoms with E-state index < -0.39 is 35.9 Å². The molecule has 0 radical (unpaired) electrons. The molecule has 0 atom stereocenters. The Morgan fingerprint density at radius 2 is 0.889 bits per heavy atom. The first-order chi connectivity index (χ1) is 11.4. The summed E-state index contributed by atoms with van der Waals surface area (Å²) >= 11 is 6.00. The smallest absolute Gasteiger partial charge is 0.324 e. The van der Waals surface area contributed by atoms with Crippen molar-refractivity contribution in [3.8, 4) is 0 Å². The molecule has 0 aromatic rings. The van der Waals surface area contributed by atoms with Crippen LogP contribution in [0, 0.1) is 0 Å². The van der Waals surface area contributed by atoms with Crippen molar-refractivity contribution in [3.63, 3.8) is 0 Å². The van der Waals surface area contributed by atoms with Gasteiger partial charge in [-0.15, -0.1) is 0 Å². The minimum atomic E-state index is -3.10. The Kier molecular flexibility index (Phi) is 11.6. The van der Waals surface area contributed by atoms with Crippen molar-refractivity contribution < 1.29 is 27.6 Å². The zero-order valence-electron chi connectivity index (χ0n) is 19.2. The number of hydrogen-bond donors (Lipinski definition) is 1. The number of rotatable bonds is 5. The van der Waals surface area contributed by atoms with E-state index in [1.807, 2.05) is 83.1 Å². The van der Waals surface area contributed by atoms with E-state index in [1.54, 1.807) is 6.26 Å². The van der Waals surface area contributed by atoms with Crippen LogP contribution in [-0.2, 0) is 34.5 Å². The van der Waals surface area contributed by atoms with E-state index in [1.165, 1.54) is 0 Å². The molecule has 166 valence electrons. The Bertz CT molecular complexity index is 500. The van der Waals surface area contributed by atoms with E-state index in [9.17, 15) is 9.46 Å². The summed E-state index contributed by atoms with van der Waals surface area (Å²) < 4.78 is 33.5. The summed E-state index contributed by atoms with van der Waals surface area (Å²) in [6.45, 7) is 16.0. The summed E-state index contributed by atoms with van der Waals surface area (Å²) in [5.74, 6) is 0. The predicted molar refractivity (Wildman–Crippen MR) is 121 cm³/mol. The summed E-state index contributed by atoms with van der Waals surface area (Å²) in [6.07, 6.45) is 1.73. The molecular formula is C17H40O6P2S2. The van der Waals surface area contributed by atoms with Gasteiger partial charge < -0.3 is 13.9 Å². The molecule has 1 N–H and O–H groups in total. The lowest BCUT2D eigenvalue weighted by Crippen LogP contribution is -2.23. The van der Waals surface area contributed by atoms with E-state index in [0.717, 1.165) is 11.4 Å². The molecule has 0 spiro atoms. The second kappa shape index (κ2) is 10.4. The minimum Gasteiger partial charge on any atom is -0.324 e. The zero-order chi connectivity index (χ0) is 22.5. The van der Waals surface area contributed by atoms with Crippen molar-refractivity contribution in [2.45, 2.75) is 105 Å². The van der Waals surface area contributed by atoms with Crippen LogP contribution in [0.5, 0.6) is 0 Å². The molecule has 27 heavy (non-hydrogen) atoms. The van der Waals surface area contributed by atoms with Crippen molar-refractivity contribution in [2.75, 3.05) is 6.26 Å². The third-order valence-corrected chi connectivity index (χ3v) is 7.56. The summed E-state index contributed by atoms with van der Waals surface area (Å²) in [7, 11) is 0. The summed E-state index contributed by atoms with van der Waals surface area (Å²) in [5, 5.41) is 0. The highest BCUT2D eigenvalue weighted by molar-refractivity contribution is 8.54. The van der Waals surface area contributed by atoms with Gasteiger partial charge in [0.2, 0.25) is 0 Å². The maximum Gasteiger partial charge on any atom is 0.389 e. The van der Waals surface area contributed by atoms with Crippen molar-refractivity contribution in [1.29, 1.82) is 0 Å². The third-order valence-electron chi connectivity index (χ3n) is 1.77. The van der Waals surface area contributed by atoms with Crippen LogP contribution < -0.4 is 0 Å². The maximum atomic E-state index is 12.1. The quantitative estimate of drug-likeness (QED) is 0.438. The average Bonchev–Trinajstić information content (AvgIpc) is 2.16. The van der Waals surface area contributed by atoms with Gasteiger partial charge in [-0.05, 0) is 113 Å². The number of hydrogen-bond acceptors (Lipinski definition) is 7. The molecule has 0 aromatic heterocycles. The fraction of sp³-hybridized carbons (Fsp3) is 1.00. The summed E-state index contributed by atoms with van der Waals surface area (Å²) in [4.78, 5) is 9.67. The first-order valence-electron chi connectivity index (χ1n) is 8.70. The summed E-state index contributed by atoms with van der Waals surface area (Å²) in [6, 6.07) is 0. The second-order valence-electron chi connectivity index (χ2n) is 9.91. The van der Waals surface area contributed by atoms with Crippen LogP contribution >= 0.6 is 24.9 Å². The molecule has 0 aliphatic rings. The van der Waals surface area contributed by atoms with Crippen LogP contribution in [-0.4, -0.2) is 33.6 Å². The van der Waals surface area contributed by atoms with Gasteiger partial charge >= 0.3 is 13.5 Å². The van der Waals surface area contributed by atoms with Gasteiger partial charge in [-0.1, -0.05) is 0 Å². The lowest BCUT2D eigenvalue weighted by Gasteiger charge is -2.30. The van der Waals surface area contributed by atoms with Crippen molar-refractivity contribution in [3.05, 3.63) is 0 Å². The van der Waals surface area contributed by atoms with E-state index >= 15 is 0 Å². The van der Waals surface area contributed by atoms with E-state index in [0.29, 0.717) is 0 Å². The Labute approximate surface area is 176 Å². The minimum absolute atomic E-state index is 0.455. The van der Waals surface area contributed by atoms with Crippen molar-refractivity contribution in [2.24, 2.45) is 0 Å². The van der Waals surface area contributed by atoms with Crippen LogP contribution in [0.3, 0.4) is 0 Å². The molecule has 0 fully saturated rings. The summed E-state index contributed by atoms with van der Waals surface area (Å²) in [5.41, 5.74) is -1.86. The highest BCUT2D eigenvalue weighted by Gasteiger charge is 2.34. The van der Waals surface area contributed by atoms with Crippen LogP contribution in [0.25, 0.3) is 0 Å². The van der Waals surface area contributed by atoms with E-state index in [-0.39, 0.29) is 0 Å². The molecular weight excluding hydrogens is 426 g/mol. The Morgan fingerprint density at radius 1 is 0.667 bits per heavy atom. The molecule has 0 rings (SSSR count). The van der Waals surface area contributed by atoms with Gasteiger partial charge in [0, 0.05) is 0 Å². The van der Waals surface area contributed by atoms with Gasteiger partial charge in [0.15, 0.2) is 0 Å². The molecule has 0 aliphatic carbocycles. The highest BCUT2D eigenvalue weighted by atomic mass is 32.7. The topological polar surface area (TPSA) is 74.2 Å². The SMILES string of the molecule is CC(C)(C)OP(O)(=S)OC(C)(C)C.CSP(=O)(OC(C)(C)C)OC(C)(C)C. The maximum absolute atomic E-state index is 12.1. The Balaban J connectivity index is 0. The second-order valence-corrected chi connectivity index (χ2v) is 16.7. The standard InChI is InChI=1S/C9H21O3PS.C8H19O3PS/c1-8(2,3)11-13(10,14-7)12-9(4,5)6;1-7(2,3)10-12(9,13)11-8(4,5)6/h1-7H3;1-6H3,(H,9,13). The first kappa shape index (κ1) is 30.2. The van der Waals surface area contributed by atoms with E-state index in [2.05, 4.69) is 0 Å². The van der Waals surface area contributed by atoms with Gasteiger partial charge in [0.25, 0.3) is 0 Å². The average molecular weight is 467 g/mol. The fourth-order valence-corrected chi connectivity index (χ4v) is 7.55. The molecule has 0 aromatic carbocycles. The van der Waals surface area contributed by atoms with Crippen molar-refractivity contribution in [1.82, 2.24) is 0 Å². The van der Waals surface area contributed by atoms with Crippen LogP contribution in [0.15, 0.2) is 0 Å². The van der Waals surface area contributed by atoms with Gasteiger partial charge in [-0.2, -0.15) is 0 Å².